The average Bonchev–Trinajstić information content (AvgIpc) is 3.29. The number of carbonyl (C=O) groups is 2. The van der Waals surface area contributed by atoms with Crippen molar-refractivity contribution in [3.8, 4) is 0 Å². The van der Waals surface area contributed by atoms with Crippen molar-refractivity contribution < 1.29 is 14.0 Å². The predicted molar refractivity (Wildman–Crippen MR) is 94.0 cm³/mol. The zero-order valence-electron chi connectivity index (χ0n) is 14.1. The van der Waals surface area contributed by atoms with Crippen LogP contribution in [0.4, 0.5) is 4.39 Å². The molecule has 25 heavy (non-hydrogen) atoms. The van der Waals surface area contributed by atoms with Crippen molar-refractivity contribution in [3.05, 3.63) is 51.2 Å². The Morgan fingerprint density at radius 2 is 2.00 bits per heavy atom. The third-order valence-corrected chi connectivity index (χ3v) is 5.18. The Balaban J connectivity index is 1.58. The highest BCUT2D eigenvalue weighted by molar-refractivity contribution is 7.13. The number of carbonyl (C=O) groups excluding carboxylic acids is 2. The lowest BCUT2D eigenvalue weighted by Gasteiger charge is -2.13. The standard InChI is InChI=1S/C18H20FN3O2S/c1-10(12-3-5-13(19)6-4-12)20-15(23)9-16-21-11(2)17(25-16)18(24)22-14-7-8-14/h3-6,10,14H,7-9H2,1-2H3,(H,20,23)(H,22,24)/t10-/m0/s1. The molecule has 1 aliphatic carbocycles. The molecule has 1 aromatic heterocycles. The topological polar surface area (TPSA) is 71.1 Å². The molecular formula is C18H20FN3O2S. The molecule has 2 aromatic rings. The maximum Gasteiger partial charge on any atom is 0.263 e. The number of halogens is 1. The van der Waals surface area contributed by atoms with Crippen LogP contribution < -0.4 is 10.6 Å². The van der Waals surface area contributed by atoms with E-state index in [0.29, 0.717) is 15.6 Å². The van der Waals surface area contributed by atoms with Crippen LogP contribution in [-0.2, 0) is 11.2 Å². The van der Waals surface area contributed by atoms with Crippen molar-refractivity contribution in [1.82, 2.24) is 15.6 Å². The van der Waals surface area contributed by atoms with E-state index in [1.807, 2.05) is 6.92 Å². The van der Waals surface area contributed by atoms with Crippen LogP contribution in [0.25, 0.3) is 0 Å². The van der Waals surface area contributed by atoms with Gasteiger partial charge >= 0.3 is 0 Å². The highest BCUT2D eigenvalue weighted by atomic mass is 32.1. The molecule has 0 unspecified atom stereocenters. The van der Waals surface area contributed by atoms with Gasteiger partial charge in [-0.25, -0.2) is 9.37 Å². The SMILES string of the molecule is Cc1nc(CC(=O)N[C@@H](C)c2ccc(F)cc2)sc1C(=O)NC1CC1. The number of thiazole rings is 1. The van der Waals surface area contributed by atoms with Gasteiger partial charge in [-0.15, -0.1) is 11.3 Å². The van der Waals surface area contributed by atoms with Gasteiger partial charge in [0.25, 0.3) is 5.91 Å². The first kappa shape index (κ1) is 17.5. The van der Waals surface area contributed by atoms with Crippen molar-refractivity contribution >= 4 is 23.2 Å². The summed E-state index contributed by atoms with van der Waals surface area (Å²) < 4.78 is 13.0. The smallest absolute Gasteiger partial charge is 0.263 e. The van der Waals surface area contributed by atoms with Crippen LogP contribution in [-0.4, -0.2) is 22.8 Å². The summed E-state index contributed by atoms with van der Waals surface area (Å²) in [4.78, 5) is 29.3. The Labute approximate surface area is 149 Å². The number of aromatic nitrogens is 1. The molecule has 2 amide bonds. The maximum atomic E-state index is 13.0. The van der Waals surface area contributed by atoms with Gasteiger partial charge in [-0.05, 0) is 44.4 Å². The molecule has 132 valence electrons. The minimum Gasteiger partial charge on any atom is -0.349 e. The van der Waals surface area contributed by atoms with Gasteiger partial charge in [0, 0.05) is 6.04 Å². The summed E-state index contributed by atoms with van der Waals surface area (Å²) in [7, 11) is 0. The van der Waals surface area contributed by atoms with E-state index in [-0.39, 0.29) is 36.1 Å². The van der Waals surface area contributed by atoms with Crippen LogP contribution in [0.1, 0.15) is 51.7 Å². The lowest BCUT2D eigenvalue weighted by atomic mass is 10.1. The van der Waals surface area contributed by atoms with Crippen LogP contribution in [0.3, 0.4) is 0 Å². The number of rotatable bonds is 6. The van der Waals surface area contributed by atoms with Crippen molar-refractivity contribution in [1.29, 1.82) is 0 Å². The average molecular weight is 361 g/mol. The molecule has 1 fully saturated rings. The fourth-order valence-electron chi connectivity index (χ4n) is 2.48. The molecule has 1 aromatic carbocycles. The van der Waals surface area contributed by atoms with E-state index in [4.69, 9.17) is 0 Å². The summed E-state index contributed by atoms with van der Waals surface area (Å²) in [6, 6.07) is 6.09. The molecule has 0 radical (unpaired) electrons. The normalized spacial score (nSPS) is 14.8. The first-order valence-electron chi connectivity index (χ1n) is 8.24. The van der Waals surface area contributed by atoms with Crippen LogP contribution in [0.15, 0.2) is 24.3 Å². The quantitative estimate of drug-likeness (QED) is 0.831. The van der Waals surface area contributed by atoms with Gasteiger partial charge in [0.05, 0.1) is 18.2 Å². The first-order chi connectivity index (χ1) is 11.9. The second-order valence-corrected chi connectivity index (χ2v) is 7.37. The second-order valence-electron chi connectivity index (χ2n) is 6.29. The van der Waals surface area contributed by atoms with E-state index in [9.17, 15) is 14.0 Å². The van der Waals surface area contributed by atoms with E-state index in [0.717, 1.165) is 18.4 Å². The number of nitrogens with one attached hydrogen (secondary N) is 2. The molecule has 2 N–H and O–H groups in total. The summed E-state index contributed by atoms with van der Waals surface area (Å²) >= 11 is 1.26. The third-order valence-electron chi connectivity index (χ3n) is 4.02. The molecule has 3 rings (SSSR count). The molecule has 5 nitrogen and oxygen atoms in total. The van der Waals surface area contributed by atoms with Crippen molar-refractivity contribution in [2.45, 2.75) is 45.2 Å². The third kappa shape index (κ3) is 4.63. The second kappa shape index (κ2) is 7.31. The monoisotopic (exact) mass is 361 g/mol. The molecule has 0 saturated heterocycles. The van der Waals surface area contributed by atoms with Crippen molar-refractivity contribution in [2.75, 3.05) is 0 Å². The van der Waals surface area contributed by atoms with Gasteiger partial charge in [0.2, 0.25) is 5.91 Å². The summed E-state index contributed by atoms with van der Waals surface area (Å²) in [6.07, 6.45) is 2.17. The highest BCUT2D eigenvalue weighted by Crippen LogP contribution is 2.23. The van der Waals surface area contributed by atoms with Crippen molar-refractivity contribution in [2.24, 2.45) is 0 Å². The number of aryl methyl sites for hydroxylation is 1. The fraction of sp³-hybridized carbons (Fsp3) is 0.389. The van der Waals surface area contributed by atoms with Crippen LogP contribution in [0.5, 0.6) is 0 Å². The molecule has 0 spiro atoms. The summed E-state index contributed by atoms with van der Waals surface area (Å²) in [6.45, 7) is 3.62. The van der Waals surface area contributed by atoms with Gasteiger partial charge in [-0.1, -0.05) is 12.1 Å². The summed E-state index contributed by atoms with van der Waals surface area (Å²) in [5, 5.41) is 6.42. The van der Waals surface area contributed by atoms with Gasteiger partial charge < -0.3 is 10.6 Å². The predicted octanol–water partition coefficient (Wildman–Crippen LogP) is 2.90. The minimum atomic E-state index is -0.308. The molecule has 1 aliphatic rings. The maximum absolute atomic E-state index is 13.0. The zero-order chi connectivity index (χ0) is 18.0. The summed E-state index contributed by atoms with van der Waals surface area (Å²) in [5.41, 5.74) is 1.48. The number of amides is 2. The molecule has 7 heteroatoms. The van der Waals surface area contributed by atoms with Gasteiger partial charge in [0.1, 0.15) is 15.7 Å². The van der Waals surface area contributed by atoms with E-state index < -0.39 is 0 Å². The van der Waals surface area contributed by atoms with E-state index in [2.05, 4.69) is 15.6 Å². The van der Waals surface area contributed by atoms with Crippen LogP contribution >= 0.6 is 11.3 Å². The highest BCUT2D eigenvalue weighted by Gasteiger charge is 2.26. The Hall–Kier alpha value is -2.28. The van der Waals surface area contributed by atoms with Gasteiger partial charge in [0.15, 0.2) is 0 Å². The van der Waals surface area contributed by atoms with Crippen LogP contribution in [0.2, 0.25) is 0 Å². The lowest BCUT2D eigenvalue weighted by molar-refractivity contribution is -0.121. The van der Waals surface area contributed by atoms with E-state index in [1.165, 1.54) is 23.5 Å². The van der Waals surface area contributed by atoms with Gasteiger partial charge in [-0.3, -0.25) is 9.59 Å². The lowest BCUT2D eigenvalue weighted by Crippen LogP contribution is -2.28. The molecule has 1 atom stereocenters. The number of hydrogen-bond donors (Lipinski definition) is 2. The molecule has 1 heterocycles. The Morgan fingerprint density at radius 3 is 2.64 bits per heavy atom. The zero-order valence-corrected chi connectivity index (χ0v) is 15.0. The molecule has 1 saturated carbocycles. The van der Waals surface area contributed by atoms with Gasteiger partial charge in [-0.2, -0.15) is 0 Å². The Morgan fingerprint density at radius 1 is 1.32 bits per heavy atom. The molecule has 0 aliphatic heterocycles. The minimum absolute atomic E-state index is 0.108. The molecule has 0 bridgehead atoms. The Kier molecular flexibility index (Phi) is 5.13. The Bertz CT molecular complexity index is 784. The first-order valence-corrected chi connectivity index (χ1v) is 9.06. The number of hydrogen-bond acceptors (Lipinski definition) is 4. The number of nitrogens with zero attached hydrogens (tertiary/aromatic N) is 1. The molecular weight excluding hydrogens is 341 g/mol. The van der Waals surface area contributed by atoms with Crippen LogP contribution in [0, 0.1) is 12.7 Å². The largest absolute Gasteiger partial charge is 0.349 e. The van der Waals surface area contributed by atoms with E-state index >= 15 is 0 Å². The fourth-order valence-corrected chi connectivity index (χ4v) is 3.45. The van der Waals surface area contributed by atoms with E-state index in [1.54, 1.807) is 19.1 Å². The summed E-state index contributed by atoms with van der Waals surface area (Å²) in [5.74, 6) is -0.596. The van der Waals surface area contributed by atoms with Crippen molar-refractivity contribution in [3.63, 3.8) is 0 Å². The number of benzene rings is 1.